The lowest BCUT2D eigenvalue weighted by molar-refractivity contribution is -0.113. The Balaban J connectivity index is 1.98. The Morgan fingerprint density at radius 1 is 0.778 bits per heavy atom. The Hall–Kier alpha value is -3.26. The van der Waals surface area contributed by atoms with Crippen LogP contribution in [-0.2, 0) is 4.79 Å². The predicted molar refractivity (Wildman–Crippen MR) is 110 cm³/mol. The van der Waals surface area contributed by atoms with Gasteiger partial charge in [0.15, 0.2) is 11.6 Å². The Labute approximate surface area is 160 Å². The van der Waals surface area contributed by atoms with E-state index in [1.54, 1.807) is 6.92 Å². The maximum Gasteiger partial charge on any atom is 0.170 e. The van der Waals surface area contributed by atoms with Crippen LogP contribution in [0.5, 0.6) is 0 Å². The summed E-state index contributed by atoms with van der Waals surface area (Å²) in [5, 5.41) is 0. The van der Waals surface area contributed by atoms with E-state index in [2.05, 4.69) is 0 Å². The molecule has 0 aliphatic rings. The highest BCUT2D eigenvalue weighted by Crippen LogP contribution is 2.29. The first-order valence-electron chi connectivity index (χ1n) is 9.06. The molecule has 27 heavy (non-hydrogen) atoms. The van der Waals surface area contributed by atoms with Gasteiger partial charge in [-0.15, -0.1) is 0 Å². The molecule has 0 fully saturated rings. The van der Waals surface area contributed by atoms with Crippen LogP contribution >= 0.6 is 0 Å². The molecule has 2 heteroatoms. The highest BCUT2D eigenvalue weighted by Gasteiger charge is 2.24. The van der Waals surface area contributed by atoms with Crippen LogP contribution in [0.4, 0.5) is 0 Å². The fourth-order valence-electron chi connectivity index (χ4n) is 3.13. The molecule has 0 aliphatic carbocycles. The van der Waals surface area contributed by atoms with Gasteiger partial charge in [-0.05, 0) is 36.1 Å². The van der Waals surface area contributed by atoms with Crippen molar-refractivity contribution in [2.24, 2.45) is 0 Å². The van der Waals surface area contributed by atoms with Crippen LogP contribution in [0.1, 0.15) is 40.7 Å². The van der Waals surface area contributed by atoms with E-state index in [-0.39, 0.29) is 11.6 Å². The highest BCUT2D eigenvalue weighted by atomic mass is 16.1. The third kappa shape index (κ3) is 4.89. The number of benzene rings is 3. The number of Topliss-reactive ketones (excluding diaryl/α,β-unsaturated/α-hetero) is 2. The molecule has 0 spiro atoms. The lowest BCUT2D eigenvalue weighted by Crippen LogP contribution is -2.15. The molecule has 1 unspecified atom stereocenters. The maximum atomic E-state index is 13.2. The van der Waals surface area contributed by atoms with E-state index in [0.29, 0.717) is 17.6 Å². The zero-order valence-electron chi connectivity index (χ0n) is 15.3. The Bertz CT molecular complexity index is 926. The molecule has 0 aliphatic heterocycles. The molecule has 3 rings (SSSR count). The van der Waals surface area contributed by atoms with Crippen molar-refractivity contribution in [3.8, 4) is 0 Å². The average molecular weight is 354 g/mol. The van der Waals surface area contributed by atoms with Gasteiger partial charge in [-0.3, -0.25) is 9.59 Å². The van der Waals surface area contributed by atoms with Crippen LogP contribution in [-0.4, -0.2) is 11.6 Å². The molecule has 0 bridgehead atoms. The summed E-state index contributed by atoms with van der Waals surface area (Å²) in [6.07, 6.45) is 2.26. The fourth-order valence-corrected chi connectivity index (χ4v) is 3.13. The van der Waals surface area contributed by atoms with E-state index >= 15 is 0 Å². The van der Waals surface area contributed by atoms with Crippen LogP contribution in [0, 0.1) is 0 Å². The molecule has 0 saturated heterocycles. The zero-order valence-corrected chi connectivity index (χ0v) is 15.3. The summed E-state index contributed by atoms with van der Waals surface area (Å²) in [5.41, 5.74) is 3.20. The van der Waals surface area contributed by atoms with Gasteiger partial charge in [0, 0.05) is 5.56 Å². The van der Waals surface area contributed by atoms with Crippen LogP contribution in [0.15, 0.2) is 96.6 Å². The summed E-state index contributed by atoms with van der Waals surface area (Å²) >= 11 is 0. The number of hydrogen-bond donors (Lipinski definition) is 0. The van der Waals surface area contributed by atoms with Gasteiger partial charge >= 0.3 is 0 Å². The van der Waals surface area contributed by atoms with Crippen LogP contribution < -0.4 is 0 Å². The van der Waals surface area contributed by atoms with Crippen LogP contribution in [0.3, 0.4) is 0 Å². The number of ketones is 2. The van der Waals surface area contributed by atoms with Gasteiger partial charge in [0.2, 0.25) is 0 Å². The minimum atomic E-state index is -0.396. The van der Waals surface area contributed by atoms with Gasteiger partial charge < -0.3 is 0 Å². The van der Waals surface area contributed by atoms with E-state index in [4.69, 9.17) is 0 Å². The van der Waals surface area contributed by atoms with Crippen molar-refractivity contribution < 1.29 is 9.59 Å². The van der Waals surface area contributed by atoms with Crippen molar-refractivity contribution in [2.75, 3.05) is 0 Å². The summed E-state index contributed by atoms with van der Waals surface area (Å²) in [6.45, 7) is 1.56. The number of carbonyl (C=O) groups excluding carboxylic acids is 2. The summed E-state index contributed by atoms with van der Waals surface area (Å²) < 4.78 is 0. The third-order valence-electron chi connectivity index (χ3n) is 4.59. The highest BCUT2D eigenvalue weighted by molar-refractivity contribution is 6.04. The molecule has 0 radical (unpaired) electrons. The van der Waals surface area contributed by atoms with Crippen molar-refractivity contribution in [3.63, 3.8) is 0 Å². The Kier molecular flexibility index (Phi) is 6.11. The van der Waals surface area contributed by atoms with E-state index in [0.717, 1.165) is 11.1 Å². The number of hydrogen-bond acceptors (Lipinski definition) is 2. The van der Waals surface area contributed by atoms with Crippen molar-refractivity contribution >= 4 is 17.6 Å². The normalized spacial score (nSPS) is 12.4. The van der Waals surface area contributed by atoms with Gasteiger partial charge in [0.1, 0.15) is 0 Å². The lowest BCUT2D eigenvalue weighted by atomic mass is 9.84. The molecule has 2 nitrogen and oxygen atoms in total. The third-order valence-corrected chi connectivity index (χ3v) is 4.59. The van der Waals surface area contributed by atoms with Crippen molar-refractivity contribution in [2.45, 2.75) is 19.3 Å². The Morgan fingerprint density at radius 3 is 1.85 bits per heavy atom. The quantitative estimate of drug-likeness (QED) is 0.402. The minimum absolute atomic E-state index is 0.0133. The topological polar surface area (TPSA) is 34.1 Å². The molecular formula is C25H22O2. The molecule has 134 valence electrons. The second kappa shape index (κ2) is 8.91. The van der Waals surface area contributed by atoms with Crippen molar-refractivity contribution in [3.05, 3.63) is 113 Å². The van der Waals surface area contributed by atoms with Crippen LogP contribution in [0.2, 0.25) is 0 Å². The summed E-state index contributed by atoms with van der Waals surface area (Å²) in [4.78, 5) is 25.5. The van der Waals surface area contributed by atoms with Gasteiger partial charge in [0.25, 0.3) is 0 Å². The summed E-state index contributed by atoms with van der Waals surface area (Å²) in [7, 11) is 0. The Morgan fingerprint density at radius 2 is 1.30 bits per heavy atom. The molecule has 0 N–H and O–H groups in total. The van der Waals surface area contributed by atoms with E-state index in [1.165, 1.54) is 0 Å². The standard InChI is InChI=1S/C25H22O2/c1-19(26)23(17-20-11-5-2-6-12-20)18-24(21-13-7-3-8-14-21)25(27)22-15-9-4-10-16-22/h2-17,24H,18H2,1H3/b23-17+. The van der Waals surface area contributed by atoms with E-state index in [9.17, 15) is 9.59 Å². The predicted octanol–water partition coefficient (Wildman–Crippen LogP) is 5.72. The second-order valence-electron chi connectivity index (χ2n) is 6.53. The molecule has 0 saturated carbocycles. The maximum absolute atomic E-state index is 13.2. The van der Waals surface area contributed by atoms with Crippen molar-refractivity contribution in [1.29, 1.82) is 0 Å². The smallest absolute Gasteiger partial charge is 0.170 e. The first-order valence-corrected chi connectivity index (χ1v) is 9.06. The molecule has 3 aromatic rings. The molecule has 3 aromatic carbocycles. The molecule has 0 heterocycles. The van der Waals surface area contributed by atoms with E-state index in [1.807, 2.05) is 97.1 Å². The number of carbonyl (C=O) groups is 2. The first-order chi connectivity index (χ1) is 13.1. The minimum Gasteiger partial charge on any atom is -0.295 e. The molecule has 1 atom stereocenters. The number of allylic oxidation sites excluding steroid dienone is 1. The molecule has 0 aromatic heterocycles. The zero-order chi connectivity index (χ0) is 19.1. The number of rotatable bonds is 7. The van der Waals surface area contributed by atoms with Gasteiger partial charge in [-0.1, -0.05) is 91.0 Å². The summed E-state index contributed by atoms with van der Waals surface area (Å²) in [5.74, 6) is -0.380. The first kappa shape index (κ1) is 18.5. The van der Waals surface area contributed by atoms with Gasteiger partial charge in [0.05, 0.1) is 5.92 Å². The second-order valence-corrected chi connectivity index (χ2v) is 6.53. The molecular weight excluding hydrogens is 332 g/mol. The summed E-state index contributed by atoms with van der Waals surface area (Å²) in [6, 6.07) is 28.7. The van der Waals surface area contributed by atoms with Crippen LogP contribution in [0.25, 0.3) is 6.08 Å². The monoisotopic (exact) mass is 354 g/mol. The van der Waals surface area contributed by atoms with Crippen molar-refractivity contribution in [1.82, 2.24) is 0 Å². The lowest BCUT2D eigenvalue weighted by Gasteiger charge is -2.18. The van der Waals surface area contributed by atoms with E-state index < -0.39 is 5.92 Å². The fraction of sp³-hybridized carbons (Fsp3) is 0.120. The van der Waals surface area contributed by atoms with Gasteiger partial charge in [-0.2, -0.15) is 0 Å². The average Bonchev–Trinajstić information content (AvgIpc) is 2.72. The van der Waals surface area contributed by atoms with Gasteiger partial charge in [-0.25, -0.2) is 0 Å². The largest absolute Gasteiger partial charge is 0.295 e. The SMILES string of the molecule is CC(=O)/C(=C/c1ccccc1)CC(C(=O)c1ccccc1)c1ccccc1. The molecule has 0 amide bonds.